The Balaban J connectivity index is 3.10. The minimum atomic E-state index is -4.05. The summed E-state index contributed by atoms with van der Waals surface area (Å²) in [6.45, 7) is 3.33. The number of benzene rings is 1. The smallest absolute Gasteiger partial charge is 0.324 e. The molecule has 118 valence electrons. The second-order valence-corrected chi connectivity index (χ2v) is 6.38. The van der Waals surface area contributed by atoms with Gasteiger partial charge in [0.05, 0.1) is 19.1 Å². The van der Waals surface area contributed by atoms with Crippen LogP contribution in [0.5, 0.6) is 5.75 Å². The zero-order chi connectivity index (χ0) is 16.2. The van der Waals surface area contributed by atoms with Gasteiger partial charge in [-0.25, -0.2) is 12.8 Å². The fraction of sp³-hybridized carbons (Fsp3) is 0.462. The zero-order valence-electron chi connectivity index (χ0n) is 12.2. The molecule has 1 aromatic carbocycles. The number of rotatable bonds is 6. The lowest BCUT2D eigenvalue weighted by molar-refractivity contribution is -0.143. The summed E-state index contributed by atoms with van der Waals surface area (Å²) in [6, 6.07) is 2.17. The van der Waals surface area contributed by atoms with Crippen LogP contribution in [0.1, 0.15) is 13.8 Å². The maximum absolute atomic E-state index is 13.6. The number of carbonyl (C=O) groups excluding carboxylic acids is 1. The summed E-state index contributed by atoms with van der Waals surface area (Å²) in [6.07, 6.45) is 0. The van der Waals surface area contributed by atoms with E-state index in [1.54, 1.807) is 13.8 Å². The molecule has 1 N–H and O–H groups in total. The molecule has 0 aliphatic carbocycles. The standard InChI is InChI=1S/C13H18FNO5S/c1-8(2)12(13(16)20-4)15-21(17,18)9-5-6-11(19-3)10(14)7-9/h5-8,12,15H,1-4H3. The van der Waals surface area contributed by atoms with E-state index in [-0.39, 0.29) is 16.6 Å². The number of hydrogen-bond donors (Lipinski definition) is 1. The van der Waals surface area contributed by atoms with Crippen LogP contribution in [0.4, 0.5) is 4.39 Å². The van der Waals surface area contributed by atoms with Crippen molar-refractivity contribution in [2.45, 2.75) is 24.8 Å². The second kappa shape index (κ2) is 6.86. The Labute approximate surface area is 123 Å². The Bertz CT molecular complexity index is 615. The summed E-state index contributed by atoms with van der Waals surface area (Å²) >= 11 is 0. The predicted molar refractivity (Wildman–Crippen MR) is 73.9 cm³/mol. The zero-order valence-corrected chi connectivity index (χ0v) is 13.0. The van der Waals surface area contributed by atoms with Crippen LogP contribution in [0.3, 0.4) is 0 Å². The Kier molecular flexibility index (Phi) is 5.68. The SMILES string of the molecule is COC(=O)C(NS(=O)(=O)c1ccc(OC)c(F)c1)C(C)C. The van der Waals surface area contributed by atoms with Gasteiger partial charge in [-0.05, 0) is 24.1 Å². The largest absolute Gasteiger partial charge is 0.494 e. The van der Waals surface area contributed by atoms with Crippen LogP contribution in [0, 0.1) is 11.7 Å². The maximum atomic E-state index is 13.6. The molecule has 1 unspecified atom stereocenters. The van der Waals surface area contributed by atoms with Crippen LogP contribution in [-0.2, 0) is 19.6 Å². The molecule has 0 radical (unpaired) electrons. The highest BCUT2D eigenvalue weighted by molar-refractivity contribution is 7.89. The van der Waals surface area contributed by atoms with Crippen LogP contribution in [0.2, 0.25) is 0 Å². The lowest BCUT2D eigenvalue weighted by Gasteiger charge is -2.19. The Morgan fingerprint density at radius 1 is 1.29 bits per heavy atom. The molecule has 0 bridgehead atoms. The van der Waals surface area contributed by atoms with E-state index >= 15 is 0 Å². The summed E-state index contributed by atoms with van der Waals surface area (Å²) in [5.74, 6) is -1.90. The average Bonchev–Trinajstić information content (AvgIpc) is 2.43. The van der Waals surface area contributed by atoms with Gasteiger partial charge in [0.15, 0.2) is 11.6 Å². The third-order valence-electron chi connectivity index (χ3n) is 2.84. The number of nitrogens with one attached hydrogen (secondary N) is 1. The molecule has 21 heavy (non-hydrogen) atoms. The molecule has 0 spiro atoms. The van der Waals surface area contributed by atoms with Gasteiger partial charge in [0, 0.05) is 0 Å². The molecule has 8 heteroatoms. The molecule has 1 rings (SSSR count). The highest BCUT2D eigenvalue weighted by atomic mass is 32.2. The number of ether oxygens (including phenoxy) is 2. The number of methoxy groups -OCH3 is 2. The molecule has 0 aliphatic rings. The average molecular weight is 319 g/mol. The van der Waals surface area contributed by atoms with Gasteiger partial charge < -0.3 is 9.47 Å². The van der Waals surface area contributed by atoms with E-state index in [2.05, 4.69) is 9.46 Å². The molecule has 0 aromatic heterocycles. The molecule has 0 aliphatic heterocycles. The van der Waals surface area contributed by atoms with Crippen molar-refractivity contribution in [2.75, 3.05) is 14.2 Å². The molecule has 0 fully saturated rings. The first-order chi connectivity index (χ1) is 9.72. The van der Waals surface area contributed by atoms with Gasteiger partial charge >= 0.3 is 5.97 Å². The van der Waals surface area contributed by atoms with Crippen molar-refractivity contribution in [2.24, 2.45) is 5.92 Å². The van der Waals surface area contributed by atoms with Crippen molar-refractivity contribution < 1.29 is 27.1 Å². The maximum Gasteiger partial charge on any atom is 0.324 e. The van der Waals surface area contributed by atoms with Crippen LogP contribution >= 0.6 is 0 Å². The van der Waals surface area contributed by atoms with E-state index in [1.807, 2.05) is 0 Å². The lowest BCUT2D eigenvalue weighted by atomic mass is 10.1. The van der Waals surface area contributed by atoms with Crippen molar-refractivity contribution in [3.8, 4) is 5.75 Å². The molecule has 0 saturated heterocycles. The van der Waals surface area contributed by atoms with Crippen LogP contribution in [0.25, 0.3) is 0 Å². The molecule has 0 saturated carbocycles. The van der Waals surface area contributed by atoms with Gasteiger partial charge in [-0.1, -0.05) is 13.8 Å². The highest BCUT2D eigenvalue weighted by Gasteiger charge is 2.29. The molecular formula is C13H18FNO5S. The fourth-order valence-electron chi connectivity index (χ4n) is 1.63. The van der Waals surface area contributed by atoms with Gasteiger partial charge in [-0.3, -0.25) is 4.79 Å². The molecule has 1 aromatic rings. The van der Waals surface area contributed by atoms with Crippen molar-refractivity contribution in [3.05, 3.63) is 24.0 Å². The quantitative estimate of drug-likeness (QED) is 0.800. The third kappa shape index (κ3) is 4.15. The van der Waals surface area contributed by atoms with E-state index in [4.69, 9.17) is 4.74 Å². The van der Waals surface area contributed by atoms with E-state index in [9.17, 15) is 17.6 Å². The summed E-state index contributed by atoms with van der Waals surface area (Å²) in [5, 5.41) is 0. The Morgan fingerprint density at radius 2 is 1.90 bits per heavy atom. The van der Waals surface area contributed by atoms with Crippen molar-refractivity contribution in [1.82, 2.24) is 4.72 Å². The monoisotopic (exact) mass is 319 g/mol. The molecule has 0 amide bonds. The van der Waals surface area contributed by atoms with Crippen LogP contribution < -0.4 is 9.46 Å². The first-order valence-electron chi connectivity index (χ1n) is 6.16. The molecular weight excluding hydrogens is 301 g/mol. The molecule has 0 heterocycles. The number of carbonyl (C=O) groups is 1. The fourth-order valence-corrected chi connectivity index (χ4v) is 2.98. The molecule has 1 atom stereocenters. The van der Waals surface area contributed by atoms with Gasteiger partial charge in [0.1, 0.15) is 6.04 Å². The Hall–Kier alpha value is -1.67. The second-order valence-electron chi connectivity index (χ2n) is 4.66. The topological polar surface area (TPSA) is 81.7 Å². The van der Waals surface area contributed by atoms with Gasteiger partial charge in [0.25, 0.3) is 0 Å². The number of esters is 1. The van der Waals surface area contributed by atoms with E-state index < -0.39 is 27.9 Å². The van der Waals surface area contributed by atoms with Crippen molar-refractivity contribution >= 4 is 16.0 Å². The number of halogens is 1. The first-order valence-corrected chi connectivity index (χ1v) is 7.65. The summed E-state index contributed by atoms with van der Waals surface area (Å²) in [7, 11) is -1.61. The van der Waals surface area contributed by atoms with E-state index in [0.717, 1.165) is 6.07 Å². The predicted octanol–water partition coefficient (Wildman–Crippen LogP) is 1.31. The lowest BCUT2D eigenvalue weighted by Crippen LogP contribution is -2.44. The number of hydrogen-bond acceptors (Lipinski definition) is 5. The summed E-state index contributed by atoms with van der Waals surface area (Å²) in [4.78, 5) is 11.3. The van der Waals surface area contributed by atoms with Gasteiger partial charge in [0.2, 0.25) is 10.0 Å². The highest BCUT2D eigenvalue weighted by Crippen LogP contribution is 2.21. The van der Waals surface area contributed by atoms with E-state index in [0.29, 0.717) is 0 Å². The summed E-state index contributed by atoms with van der Waals surface area (Å²) < 4.78 is 49.5. The van der Waals surface area contributed by atoms with Gasteiger partial charge in [-0.2, -0.15) is 4.72 Å². The van der Waals surface area contributed by atoms with E-state index in [1.165, 1.54) is 26.4 Å². The van der Waals surface area contributed by atoms with Crippen molar-refractivity contribution in [1.29, 1.82) is 0 Å². The Morgan fingerprint density at radius 3 is 2.33 bits per heavy atom. The van der Waals surface area contributed by atoms with Crippen LogP contribution in [0.15, 0.2) is 23.1 Å². The normalized spacial score (nSPS) is 13.0. The first kappa shape index (κ1) is 17.4. The minimum absolute atomic E-state index is 0.0673. The minimum Gasteiger partial charge on any atom is -0.494 e. The third-order valence-corrected chi connectivity index (χ3v) is 4.28. The van der Waals surface area contributed by atoms with Gasteiger partial charge in [-0.15, -0.1) is 0 Å². The molecule has 6 nitrogen and oxygen atoms in total. The van der Waals surface area contributed by atoms with Crippen molar-refractivity contribution in [3.63, 3.8) is 0 Å². The number of sulfonamides is 1. The summed E-state index contributed by atoms with van der Waals surface area (Å²) in [5.41, 5.74) is 0. The van der Waals surface area contributed by atoms with Crippen LogP contribution in [-0.4, -0.2) is 34.6 Å².